The molecule has 4 unspecified atom stereocenters. The first kappa shape index (κ1) is 11.9. The lowest BCUT2D eigenvalue weighted by Crippen LogP contribution is -2.60. The quantitative estimate of drug-likeness (QED) is 0.556. The van der Waals surface area contributed by atoms with Crippen LogP contribution in [0.5, 0.6) is 0 Å². The van der Waals surface area contributed by atoms with E-state index < -0.39 is 24.5 Å². The Labute approximate surface area is 84.0 Å². The Morgan fingerprint density at radius 1 is 1.43 bits per heavy atom. The van der Waals surface area contributed by atoms with E-state index in [-0.39, 0.29) is 12.6 Å². The van der Waals surface area contributed by atoms with Gasteiger partial charge in [0.1, 0.15) is 6.10 Å². The van der Waals surface area contributed by atoms with Crippen molar-refractivity contribution in [3.63, 3.8) is 0 Å². The molecule has 5 heteroatoms. The molecule has 0 aromatic rings. The third-order valence-corrected chi connectivity index (χ3v) is 2.25. The monoisotopic (exact) mass is 205 g/mol. The zero-order valence-corrected chi connectivity index (χ0v) is 8.80. The first-order valence-electron chi connectivity index (χ1n) is 4.83. The third-order valence-electron chi connectivity index (χ3n) is 2.25. The molecule has 1 fully saturated rings. The second kappa shape index (κ2) is 5.04. The molecule has 5 nitrogen and oxygen atoms in total. The molecule has 84 valence electrons. The fourth-order valence-corrected chi connectivity index (χ4v) is 1.59. The van der Waals surface area contributed by atoms with Crippen molar-refractivity contribution in [2.75, 3.05) is 13.7 Å². The Morgan fingerprint density at radius 3 is 2.57 bits per heavy atom. The van der Waals surface area contributed by atoms with E-state index in [0.29, 0.717) is 0 Å². The number of hydrogen-bond donors (Lipinski definition) is 3. The molecule has 3 N–H and O–H groups in total. The smallest absolute Gasteiger partial charge is 0.184 e. The molecule has 1 aliphatic heterocycles. The fourth-order valence-electron chi connectivity index (χ4n) is 1.59. The summed E-state index contributed by atoms with van der Waals surface area (Å²) in [6.07, 6.45) is -2.19. The molecule has 0 bridgehead atoms. The second-order valence-corrected chi connectivity index (χ2v) is 3.84. The van der Waals surface area contributed by atoms with Gasteiger partial charge in [0.25, 0.3) is 0 Å². The minimum absolute atomic E-state index is 0.181. The predicted octanol–water partition coefficient (Wildman–Crippen LogP) is -0.922. The van der Waals surface area contributed by atoms with Gasteiger partial charge in [-0.05, 0) is 0 Å². The van der Waals surface area contributed by atoms with Crippen LogP contribution in [-0.2, 0) is 9.47 Å². The van der Waals surface area contributed by atoms with Gasteiger partial charge >= 0.3 is 0 Å². The van der Waals surface area contributed by atoms with Gasteiger partial charge < -0.3 is 25.0 Å². The van der Waals surface area contributed by atoms with Crippen LogP contribution in [0.1, 0.15) is 13.8 Å². The SMILES string of the molecule is COC1OCC(O)C(NC(C)C)C1O. The number of aliphatic hydroxyl groups is 2. The summed E-state index contributed by atoms with van der Waals surface area (Å²) in [6, 6.07) is -0.200. The van der Waals surface area contributed by atoms with Crippen molar-refractivity contribution in [3.05, 3.63) is 0 Å². The summed E-state index contributed by atoms with van der Waals surface area (Å²) in [5.74, 6) is 0. The van der Waals surface area contributed by atoms with Gasteiger partial charge in [-0.15, -0.1) is 0 Å². The lowest BCUT2D eigenvalue weighted by molar-refractivity contribution is -0.236. The Bertz CT molecular complexity index is 176. The molecule has 1 heterocycles. The Hall–Kier alpha value is -0.200. The molecule has 1 aliphatic rings. The van der Waals surface area contributed by atoms with Gasteiger partial charge in [-0.3, -0.25) is 0 Å². The maximum absolute atomic E-state index is 9.78. The Morgan fingerprint density at radius 2 is 2.07 bits per heavy atom. The summed E-state index contributed by atoms with van der Waals surface area (Å²) in [4.78, 5) is 0. The average Bonchev–Trinajstić information content (AvgIpc) is 2.12. The summed E-state index contributed by atoms with van der Waals surface area (Å²) >= 11 is 0. The summed E-state index contributed by atoms with van der Waals surface area (Å²) in [5, 5.41) is 22.5. The first-order chi connectivity index (χ1) is 6.56. The van der Waals surface area contributed by atoms with Crippen molar-refractivity contribution in [1.82, 2.24) is 5.32 Å². The number of methoxy groups -OCH3 is 1. The molecule has 0 saturated carbocycles. The Balaban J connectivity index is 2.58. The van der Waals surface area contributed by atoms with Gasteiger partial charge in [-0.25, -0.2) is 0 Å². The highest BCUT2D eigenvalue weighted by molar-refractivity contribution is 4.89. The molecule has 14 heavy (non-hydrogen) atoms. The number of nitrogens with one attached hydrogen (secondary N) is 1. The number of aliphatic hydroxyl groups excluding tert-OH is 2. The molecule has 0 amide bonds. The topological polar surface area (TPSA) is 71.0 Å². The van der Waals surface area contributed by atoms with Crippen LogP contribution in [-0.4, -0.2) is 54.5 Å². The van der Waals surface area contributed by atoms with Crippen LogP contribution in [0.3, 0.4) is 0 Å². The molecule has 0 radical (unpaired) electrons. The molecule has 0 aliphatic carbocycles. The normalized spacial score (nSPS) is 39.0. The molecule has 0 spiro atoms. The van der Waals surface area contributed by atoms with Crippen molar-refractivity contribution in [2.45, 2.75) is 44.4 Å². The summed E-state index contributed by atoms with van der Waals surface area (Å²) in [7, 11) is 1.47. The lowest BCUT2D eigenvalue weighted by Gasteiger charge is -2.38. The van der Waals surface area contributed by atoms with Crippen LogP contribution >= 0.6 is 0 Å². The third kappa shape index (κ3) is 2.65. The van der Waals surface area contributed by atoms with Crippen molar-refractivity contribution in [1.29, 1.82) is 0 Å². The van der Waals surface area contributed by atoms with E-state index in [2.05, 4.69) is 5.32 Å². The summed E-state index contributed by atoms with van der Waals surface area (Å²) in [5.41, 5.74) is 0. The first-order valence-corrected chi connectivity index (χ1v) is 4.83. The van der Waals surface area contributed by atoms with Gasteiger partial charge in [0.05, 0.1) is 18.8 Å². The van der Waals surface area contributed by atoms with Gasteiger partial charge in [-0.1, -0.05) is 13.8 Å². The van der Waals surface area contributed by atoms with E-state index in [9.17, 15) is 10.2 Å². The van der Waals surface area contributed by atoms with E-state index in [1.165, 1.54) is 7.11 Å². The van der Waals surface area contributed by atoms with Gasteiger partial charge in [0.15, 0.2) is 6.29 Å². The highest BCUT2D eigenvalue weighted by Crippen LogP contribution is 2.16. The largest absolute Gasteiger partial charge is 0.389 e. The fraction of sp³-hybridized carbons (Fsp3) is 1.00. The van der Waals surface area contributed by atoms with E-state index in [0.717, 1.165) is 0 Å². The van der Waals surface area contributed by atoms with Crippen LogP contribution in [0.2, 0.25) is 0 Å². The minimum Gasteiger partial charge on any atom is -0.389 e. The van der Waals surface area contributed by atoms with E-state index >= 15 is 0 Å². The van der Waals surface area contributed by atoms with Crippen LogP contribution < -0.4 is 5.32 Å². The van der Waals surface area contributed by atoms with Crippen LogP contribution in [0.4, 0.5) is 0 Å². The maximum atomic E-state index is 9.78. The van der Waals surface area contributed by atoms with Crippen molar-refractivity contribution in [3.8, 4) is 0 Å². The second-order valence-electron chi connectivity index (χ2n) is 3.84. The van der Waals surface area contributed by atoms with Gasteiger partial charge in [0.2, 0.25) is 0 Å². The highest BCUT2D eigenvalue weighted by atomic mass is 16.7. The van der Waals surface area contributed by atoms with E-state index in [4.69, 9.17) is 9.47 Å². The van der Waals surface area contributed by atoms with Crippen molar-refractivity contribution in [2.24, 2.45) is 0 Å². The molecule has 0 aromatic heterocycles. The number of hydrogen-bond acceptors (Lipinski definition) is 5. The molecule has 1 rings (SSSR count). The van der Waals surface area contributed by atoms with Crippen molar-refractivity contribution >= 4 is 0 Å². The standard InChI is InChI=1S/C9H19NO4/c1-5(2)10-7-6(11)4-14-9(13-3)8(7)12/h5-12H,4H2,1-3H3. The van der Waals surface area contributed by atoms with Gasteiger partial charge in [0, 0.05) is 13.2 Å². The highest BCUT2D eigenvalue weighted by Gasteiger charge is 2.38. The molecule has 4 atom stereocenters. The lowest BCUT2D eigenvalue weighted by atomic mass is 10.0. The summed E-state index contributed by atoms with van der Waals surface area (Å²) < 4.78 is 10.0. The maximum Gasteiger partial charge on any atom is 0.184 e. The zero-order chi connectivity index (χ0) is 10.7. The van der Waals surface area contributed by atoms with E-state index in [1.807, 2.05) is 13.8 Å². The van der Waals surface area contributed by atoms with E-state index in [1.54, 1.807) is 0 Å². The zero-order valence-electron chi connectivity index (χ0n) is 8.80. The minimum atomic E-state index is -0.842. The summed E-state index contributed by atoms with van der Waals surface area (Å²) in [6.45, 7) is 4.09. The Kier molecular flexibility index (Phi) is 4.28. The molecular weight excluding hydrogens is 186 g/mol. The van der Waals surface area contributed by atoms with Crippen LogP contribution in [0.25, 0.3) is 0 Å². The van der Waals surface area contributed by atoms with Gasteiger partial charge in [-0.2, -0.15) is 0 Å². The average molecular weight is 205 g/mol. The predicted molar refractivity (Wildman–Crippen MR) is 50.8 cm³/mol. The van der Waals surface area contributed by atoms with Crippen LogP contribution in [0.15, 0.2) is 0 Å². The van der Waals surface area contributed by atoms with Crippen molar-refractivity contribution < 1.29 is 19.7 Å². The molecule has 1 saturated heterocycles. The number of rotatable bonds is 3. The number of ether oxygens (including phenoxy) is 2. The van der Waals surface area contributed by atoms with Crippen LogP contribution in [0, 0.1) is 0 Å². The molecular formula is C9H19NO4. The molecule has 0 aromatic carbocycles.